The van der Waals surface area contributed by atoms with E-state index in [9.17, 15) is 18.4 Å². The van der Waals surface area contributed by atoms with E-state index in [0.29, 0.717) is 11.3 Å². The van der Waals surface area contributed by atoms with Crippen molar-refractivity contribution in [3.8, 4) is 0 Å². The molecule has 0 heterocycles. The number of carbonyl (C=O) groups excluding carboxylic acids is 2. The number of hydrogen-bond donors (Lipinski definition) is 2. The number of nitrogens with one attached hydrogen (secondary N) is 2. The fourth-order valence-electron chi connectivity index (χ4n) is 2.42. The second-order valence-electron chi connectivity index (χ2n) is 5.98. The summed E-state index contributed by atoms with van der Waals surface area (Å²) < 4.78 is 26.2. The van der Waals surface area contributed by atoms with Gasteiger partial charge in [-0.2, -0.15) is 0 Å². The minimum Gasteiger partial charge on any atom is -0.322 e. The molecule has 3 rings (SSSR count). The quantitative estimate of drug-likeness (QED) is 0.698. The van der Waals surface area contributed by atoms with E-state index in [2.05, 4.69) is 10.6 Å². The van der Waals surface area contributed by atoms with Crippen molar-refractivity contribution in [2.75, 3.05) is 10.6 Å². The SMILES string of the molecule is Cc1ccc(NC(=O)c2cccc(C(=O)Nc3ccc(F)c(F)c3)c2)cc1. The Labute approximate surface area is 154 Å². The third kappa shape index (κ3) is 4.55. The molecule has 3 aromatic rings. The molecule has 0 aliphatic carbocycles. The molecule has 0 saturated carbocycles. The molecule has 0 saturated heterocycles. The van der Waals surface area contributed by atoms with E-state index < -0.39 is 17.5 Å². The molecule has 0 aliphatic heterocycles. The van der Waals surface area contributed by atoms with Crippen molar-refractivity contribution in [3.63, 3.8) is 0 Å². The number of hydrogen-bond acceptors (Lipinski definition) is 2. The lowest BCUT2D eigenvalue weighted by molar-refractivity contribution is 0.102. The number of rotatable bonds is 4. The molecule has 0 unspecified atom stereocenters. The summed E-state index contributed by atoms with van der Waals surface area (Å²) in [6, 6.07) is 16.5. The van der Waals surface area contributed by atoms with Crippen molar-refractivity contribution in [2.45, 2.75) is 6.92 Å². The largest absolute Gasteiger partial charge is 0.322 e. The average Bonchev–Trinajstić information content (AvgIpc) is 2.66. The van der Waals surface area contributed by atoms with Gasteiger partial charge in [0.05, 0.1) is 0 Å². The van der Waals surface area contributed by atoms with Gasteiger partial charge in [0.15, 0.2) is 11.6 Å². The molecule has 4 nitrogen and oxygen atoms in total. The van der Waals surface area contributed by atoms with Gasteiger partial charge in [0.2, 0.25) is 0 Å². The first-order valence-corrected chi connectivity index (χ1v) is 8.17. The average molecular weight is 366 g/mol. The predicted molar refractivity (Wildman–Crippen MR) is 99.9 cm³/mol. The molecule has 136 valence electrons. The lowest BCUT2D eigenvalue weighted by atomic mass is 10.1. The Hall–Kier alpha value is -3.54. The predicted octanol–water partition coefficient (Wildman–Crippen LogP) is 4.78. The van der Waals surface area contributed by atoms with Gasteiger partial charge in [0, 0.05) is 28.6 Å². The third-order valence-corrected chi connectivity index (χ3v) is 3.87. The van der Waals surface area contributed by atoms with Gasteiger partial charge in [-0.3, -0.25) is 9.59 Å². The van der Waals surface area contributed by atoms with Crippen LogP contribution in [0.2, 0.25) is 0 Å². The number of halogens is 2. The van der Waals surface area contributed by atoms with Crippen LogP contribution < -0.4 is 10.6 Å². The van der Waals surface area contributed by atoms with Gasteiger partial charge < -0.3 is 10.6 Å². The summed E-state index contributed by atoms with van der Waals surface area (Å²) >= 11 is 0. The van der Waals surface area contributed by atoms with E-state index in [1.807, 2.05) is 19.1 Å². The van der Waals surface area contributed by atoms with Crippen LogP contribution in [0.15, 0.2) is 66.7 Å². The van der Waals surface area contributed by atoms with E-state index >= 15 is 0 Å². The molecule has 27 heavy (non-hydrogen) atoms. The van der Waals surface area contributed by atoms with Crippen molar-refractivity contribution >= 4 is 23.2 Å². The normalized spacial score (nSPS) is 10.3. The molecule has 2 amide bonds. The van der Waals surface area contributed by atoms with Gasteiger partial charge in [-0.1, -0.05) is 23.8 Å². The maximum absolute atomic E-state index is 13.3. The Morgan fingerprint density at radius 1 is 0.704 bits per heavy atom. The number of carbonyl (C=O) groups is 2. The molecule has 0 radical (unpaired) electrons. The summed E-state index contributed by atoms with van der Waals surface area (Å²) in [6.45, 7) is 1.95. The van der Waals surface area contributed by atoms with E-state index in [1.165, 1.54) is 18.2 Å². The maximum atomic E-state index is 13.3. The van der Waals surface area contributed by atoms with Crippen molar-refractivity contribution in [2.24, 2.45) is 0 Å². The minimum absolute atomic E-state index is 0.119. The third-order valence-electron chi connectivity index (χ3n) is 3.87. The highest BCUT2D eigenvalue weighted by Crippen LogP contribution is 2.16. The number of benzene rings is 3. The summed E-state index contributed by atoms with van der Waals surface area (Å²) in [5.41, 5.74) is 2.35. The number of anilines is 2. The fourth-order valence-corrected chi connectivity index (χ4v) is 2.42. The first-order valence-electron chi connectivity index (χ1n) is 8.17. The molecular weight excluding hydrogens is 350 g/mol. The Bertz CT molecular complexity index is 1000. The van der Waals surface area contributed by atoms with Gasteiger partial charge in [-0.05, 0) is 49.4 Å². The summed E-state index contributed by atoms with van der Waals surface area (Å²) in [6.07, 6.45) is 0. The van der Waals surface area contributed by atoms with Crippen molar-refractivity contribution in [1.82, 2.24) is 0 Å². The maximum Gasteiger partial charge on any atom is 0.255 e. The summed E-state index contributed by atoms with van der Waals surface area (Å²) in [5, 5.41) is 5.22. The first-order chi connectivity index (χ1) is 12.9. The Morgan fingerprint density at radius 3 is 1.85 bits per heavy atom. The fraction of sp³-hybridized carbons (Fsp3) is 0.0476. The zero-order chi connectivity index (χ0) is 19.4. The molecular formula is C21H16F2N2O2. The van der Waals surface area contributed by atoms with E-state index in [1.54, 1.807) is 24.3 Å². The summed E-state index contributed by atoms with van der Waals surface area (Å²) in [5.74, 6) is -2.95. The van der Waals surface area contributed by atoms with E-state index in [0.717, 1.165) is 17.7 Å². The molecule has 0 aliphatic rings. The van der Waals surface area contributed by atoms with Gasteiger partial charge in [0.1, 0.15) is 0 Å². The van der Waals surface area contributed by atoms with Crippen LogP contribution in [0.1, 0.15) is 26.3 Å². The number of amides is 2. The molecule has 2 N–H and O–H groups in total. The Kier molecular flexibility index (Phi) is 5.26. The smallest absolute Gasteiger partial charge is 0.255 e. The monoisotopic (exact) mass is 366 g/mol. The van der Waals surface area contributed by atoms with Crippen molar-refractivity contribution < 1.29 is 18.4 Å². The highest BCUT2D eigenvalue weighted by molar-refractivity contribution is 6.08. The summed E-state index contributed by atoms with van der Waals surface area (Å²) in [7, 11) is 0. The Balaban J connectivity index is 1.73. The van der Waals surface area contributed by atoms with Crippen LogP contribution in [-0.2, 0) is 0 Å². The van der Waals surface area contributed by atoms with Crippen LogP contribution >= 0.6 is 0 Å². The second kappa shape index (κ2) is 7.78. The van der Waals surface area contributed by atoms with E-state index in [4.69, 9.17) is 0 Å². The molecule has 0 atom stereocenters. The molecule has 3 aromatic carbocycles. The molecule has 6 heteroatoms. The summed E-state index contributed by atoms with van der Waals surface area (Å²) in [4.78, 5) is 24.7. The van der Waals surface area contributed by atoms with Gasteiger partial charge in [-0.25, -0.2) is 8.78 Å². The van der Waals surface area contributed by atoms with Gasteiger partial charge in [-0.15, -0.1) is 0 Å². The zero-order valence-electron chi connectivity index (χ0n) is 14.4. The second-order valence-corrected chi connectivity index (χ2v) is 5.98. The van der Waals surface area contributed by atoms with E-state index in [-0.39, 0.29) is 17.2 Å². The minimum atomic E-state index is -1.06. The standard InChI is InChI=1S/C21H16F2N2O2/c1-13-5-7-16(8-6-13)24-20(26)14-3-2-4-15(11-14)21(27)25-17-9-10-18(22)19(23)12-17/h2-12H,1H3,(H,24,26)(H,25,27). The van der Waals surface area contributed by atoms with Crippen LogP contribution in [0, 0.1) is 18.6 Å². The first kappa shape index (κ1) is 18.3. The van der Waals surface area contributed by atoms with Crippen molar-refractivity contribution in [3.05, 3.63) is 95.1 Å². The van der Waals surface area contributed by atoms with Crippen LogP contribution in [0.25, 0.3) is 0 Å². The lowest BCUT2D eigenvalue weighted by Gasteiger charge is -2.08. The van der Waals surface area contributed by atoms with Crippen LogP contribution in [-0.4, -0.2) is 11.8 Å². The zero-order valence-corrected chi connectivity index (χ0v) is 14.4. The molecule has 0 aromatic heterocycles. The van der Waals surface area contributed by atoms with Gasteiger partial charge >= 0.3 is 0 Å². The highest BCUT2D eigenvalue weighted by atomic mass is 19.2. The van der Waals surface area contributed by atoms with Crippen molar-refractivity contribution in [1.29, 1.82) is 0 Å². The number of aryl methyl sites for hydroxylation is 1. The molecule has 0 bridgehead atoms. The molecule has 0 spiro atoms. The van der Waals surface area contributed by atoms with Gasteiger partial charge in [0.25, 0.3) is 11.8 Å². The van der Waals surface area contributed by atoms with Crippen LogP contribution in [0.3, 0.4) is 0 Å². The Morgan fingerprint density at radius 2 is 1.26 bits per heavy atom. The topological polar surface area (TPSA) is 58.2 Å². The van der Waals surface area contributed by atoms with Crippen LogP contribution in [0.4, 0.5) is 20.2 Å². The van der Waals surface area contributed by atoms with Crippen LogP contribution in [0.5, 0.6) is 0 Å². The highest BCUT2D eigenvalue weighted by Gasteiger charge is 2.12. The lowest BCUT2D eigenvalue weighted by Crippen LogP contribution is -2.15. The molecule has 0 fully saturated rings.